The highest BCUT2D eigenvalue weighted by molar-refractivity contribution is 5.81. The van der Waals surface area contributed by atoms with E-state index >= 15 is 0 Å². The Kier molecular flexibility index (Phi) is 7.47. The molecule has 1 atom stereocenters. The highest BCUT2D eigenvalue weighted by atomic mass is 16.4. The largest absolute Gasteiger partial charge is 0.480 e. The number of ketones is 1. The number of carbonyl (C=O) groups is 2. The molecule has 2 N–H and O–H groups in total. The molecule has 0 bridgehead atoms. The van der Waals surface area contributed by atoms with E-state index < -0.39 is 12.0 Å². The SMILES string of the molecule is O=C(CCCCc1ccc2c(n1)NCCC2)C1CCN(C(C(=O)O)c2cccnc2)CC1. The van der Waals surface area contributed by atoms with Crippen LogP contribution in [0.15, 0.2) is 36.7 Å². The Hall–Kier alpha value is -2.80. The number of piperidine rings is 1. The van der Waals surface area contributed by atoms with E-state index in [1.165, 1.54) is 5.56 Å². The van der Waals surface area contributed by atoms with Gasteiger partial charge < -0.3 is 10.4 Å². The van der Waals surface area contributed by atoms with Crippen LogP contribution in [0.5, 0.6) is 0 Å². The summed E-state index contributed by atoms with van der Waals surface area (Å²) in [4.78, 5) is 35.3. The Balaban J connectivity index is 1.20. The molecule has 2 aliphatic rings. The van der Waals surface area contributed by atoms with Crippen LogP contribution < -0.4 is 5.32 Å². The zero-order chi connectivity index (χ0) is 22.3. The number of anilines is 1. The molecule has 2 aromatic heterocycles. The number of nitrogens with zero attached hydrogens (tertiary/aromatic N) is 3. The number of unbranched alkanes of at least 4 members (excludes halogenated alkanes) is 1. The van der Waals surface area contributed by atoms with Crippen LogP contribution in [0.1, 0.15) is 61.4 Å². The zero-order valence-corrected chi connectivity index (χ0v) is 18.5. The van der Waals surface area contributed by atoms with Gasteiger partial charge in [-0.2, -0.15) is 0 Å². The fourth-order valence-electron chi connectivity index (χ4n) is 4.84. The minimum Gasteiger partial charge on any atom is -0.480 e. The van der Waals surface area contributed by atoms with Crippen molar-refractivity contribution in [2.24, 2.45) is 5.92 Å². The number of Topliss-reactive ketones (excluding diaryl/α,β-unsaturated/α-hetero) is 1. The summed E-state index contributed by atoms with van der Waals surface area (Å²) >= 11 is 0. The van der Waals surface area contributed by atoms with E-state index in [0.29, 0.717) is 30.9 Å². The Morgan fingerprint density at radius 3 is 2.78 bits per heavy atom. The number of aromatic nitrogens is 2. The maximum Gasteiger partial charge on any atom is 0.325 e. The molecule has 7 nitrogen and oxygen atoms in total. The summed E-state index contributed by atoms with van der Waals surface area (Å²) in [6, 6.07) is 7.16. The monoisotopic (exact) mass is 436 g/mol. The van der Waals surface area contributed by atoms with E-state index in [4.69, 9.17) is 4.98 Å². The van der Waals surface area contributed by atoms with Crippen LogP contribution >= 0.6 is 0 Å². The highest BCUT2D eigenvalue weighted by Crippen LogP contribution is 2.28. The number of carbonyl (C=O) groups excluding carboxylic acids is 1. The number of nitrogens with one attached hydrogen (secondary N) is 1. The van der Waals surface area contributed by atoms with Crippen molar-refractivity contribution < 1.29 is 14.7 Å². The van der Waals surface area contributed by atoms with Gasteiger partial charge in [-0.25, -0.2) is 4.98 Å². The molecule has 0 amide bonds. The molecule has 0 spiro atoms. The van der Waals surface area contributed by atoms with Gasteiger partial charge >= 0.3 is 5.97 Å². The third-order valence-electron chi connectivity index (χ3n) is 6.64. The first-order valence-electron chi connectivity index (χ1n) is 11.7. The van der Waals surface area contributed by atoms with Crippen molar-refractivity contribution in [1.29, 1.82) is 0 Å². The molecule has 2 aliphatic heterocycles. The van der Waals surface area contributed by atoms with Crippen LogP contribution in [-0.4, -0.2) is 51.4 Å². The zero-order valence-electron chi connectivity index (χ0n) is 18.5. The van der Waals surface area contributed by atoms with Crippen molar-refractivity contribution in [3.05, 3.63) is 53.5 Å². The van der Waals surface area contributed by atoms with Crippen molar-refractivity contribution >= 4 is 17.6 Å². The van der Waals surface area contributed by atoms with Crippen LogP contribution in [-0.2, 0) is 22.4 Å². The third kappa shape index (κ3) is 5.51. The minimum absolute atomic E-state index is 0.0423. The second-order valence-corrected chi connectivity index (χ2v) is 8.85. The third-order valence-corrected chi connectivity index (χ3v) is 6.64. The number of aryl methyl sites for hydroxylation is 2. The Morgan fingerprint density at radius 2 is 2.03 bits per heavy atom. The van der Waals surface area contributed by atoms with Crippen LogP contribution in [0.2, 0.25) is 0 Å². The minimum atomic E-state index is -0.867. The number of aliphatic carboxylic acids is 1. The van der Waals surface area contributed by atoms with Gasteiger partial charge in [0.15, 0.2) is 0 Å². The lowest BCUT2D eigenvalue weighted by Gasteiger charge is -2.35. The quantitative estimate of drug-likeness (QED) is 0.579. The van der Waals surface area contributed by atoms with Crippen LogP contribution in [0.4, 0.5) is 5.82 Å². The molecule has 1 saturated heterocycles. The molecule has 7 heteroatoms. The van der Waals surface area contributed by atoms with Gasteiger partial charge in [-0.15, -0.1) is 0 Å². The van der Waals surface area contributed by atoms with Gasteiger partial charge in [0.05, 0.1) is 0 Å². The Morgan fingerprint density at radius 1 is 1.19 bits per heavy atom. The summed E-state index contributed by atoms with van der Waals surface area (Å²) in [6.07, 6.45) is 10.3. The van der Waals surface area contributed by atoms with Crippen molar-refractivity contribution in [3.8, 4) is 0 Å². The second kappa shape index (κ2) is 10.7. The first kappa shape index (κ1) is 22.4. The van der Waals surface area contributed by atoms with Crippen LogP contribution in [0.25, 0.3) is 0 Å². The average Bonchev–Trinajstić information content (AvgIpc) is 2.82. The van der Waals surface area contributed by atoms with E-state index in [-0.39, 0.29) is 5.92 Å². The number of carboxylic acid groups (broad SMARTS) is 1. The summed E-state index contributed by atoms with van der Waals surface area (Å²) in [5.74, 6) is 0.523. The van der Waals surface area contributed by atoms with Gasteiger partial charge in [0.1, 0.15) is 17.6 Å². The lowest BCUT2D eigenvalue weighted by Crippen LogP contribution is -2.41. The molecule has 1 unspecified atom stereocenters. The van der Waals surface area contributed by atoms with Gasteiger partial charge in [0.2, 0.25) is 0 Å². The molecule has 4 heterocycles. The normalized spacial score (nSPS) is 17.9. The van der Waals surface area contributed by atoms with Gasteiger partial charge in [0, 0.05) is 37.0 Å². The summed E-state index contributed by atoms with van der Waals surface area (Å²) in [7, 11) is 0. The van der Waals surface area contributed by atoms with Gasteiger partial charge in [-0.3, -0.25) is 19.5 Å². The highest BCUT2D eigenvalue weighted by Gasteiger charge is 2.32. The molecule has 32 heavy (non-hydrogen) atoms. The number of rotatable bonds is 9. The maximum atomic E-state index is 12.7. The molecular weight excluding hydrogens is 404 g/mol. The predicted molar refractivity (Wildman–Crippen MR) is 123 cm³/mol. The van der Waals surface area contributed by atoms with E-state index in [1.54, 1.807) is 24.5 Å². The fourth-order valence-corrected chi connectivity index (χ4v) is 4.84. The summed E-state index contributed by atoms with van der Waals surface area (Å²) in [6.45, 7) is 2.23. The van der Waals surface area contributed by atoms with E-state index in [2.05, 4.69) is 22.4 Å². The molecule has 4 rings (SSSR count). The van der Waals surface area contributed by atoms with Gasteiger partial charge in [-0.1, -0.05) is 12.1 Å². The number of likely N-dealkylation sites (tertiary alicyclic amines) is 1. The van der Waals surface area contributed by atoms with Crippen LogP contribution in [0, 0.1) is 5.92 Å². The average molecular weight is 437 g/mol. The molecule has 1 fully saturated rings. The Bertz CT molecular complexity index is 926. The van der Waals surface area contributed by atoms with Crippen LogP contribution in [0.3, 0.4) is 0 Å². The standard InChI is InChI=1S/C25H32N4O3/c30-22(8-2-1-7-21-10-9-19-5-4-14-27-24(19)28-21)18-11-15-29(16-12-18)23(25(31)32)20-6-3-13-26-17-20/h3,6,9-10,13,17-18,23H,1-2,4-5,7-8,11-12,14-16H2,(H,27,28)(H,31,32). The molecular formula is C25H32N4O3. The van der Waals surface area contributed by atoms with Crippen molar-refractivity contribution in [2.45, 2.75) is 57.4 Å². The van der Waals surface area contributed by atoms with Gasteiger partial charge in [0.25, 0.3) is 0 Å². The van der Waals surface area contributed by atoms with E-state index in [0.717, 1.165) is 63.0 Å². The van der Waals surface area contributed by atoms with E-state index in [9.17, 15) is 14.7 Å². The molecule has 0 saturated carbocycles. The first-order chi connectivity index (χ1) is 15.6. The summed E-state index contributed by atoms with van der Waals surface area (Å²) in [5.41, 5.74) is 3.08. The topological polar surface area (TPSA) is 95.4 Å². The lowest BCUT2D eigenvalue weighted by atomic mass is 9.88. The first-order valence-corrected chi connectivity index (χ1v) is 11.7. The van der Waals surface area contributed by atoms with Crippen molar-refractivity contribution in [3.63, 3.8) is 0 Å². The number of fused-ring (bicyclic) bond motifs is 1. The Labute approximate surface area is 189 Å². The maximum absolute atomic E-state index is 12.7. The number of hydrogen-bond acceptors (Lipinski definition) is 6. The molecule has 0 aliphatic carbocycles. The second-order valence-electron chi connectivity index (χ2n) is 8.85. The molecule has 0 radical (unpaired) electrons. The number of pyridine rings is 2. The number of carboxylic acids is 1. The molecule has 2 aromatic rings. The molecule has 170 valence electrons. The fraction of sp³-hybridized carbons (Fsp3) is 0.520. The van der Waals surface area contributed by atoms with Crippen molar-refractivity contribution in [2.75, 3.05) is 25.0 Å². The lowest BCUT2D eigenvalue weighted by molar-refractivity contribution is -0.144. The summed E-state index contributed by atoms with van der Waals surface area (Å²) < 4.78 is 0. The number of hydrogen-bond donors (Lipinski definition) is 2. The summed E-state index contributed by atoms with van der Waals surface area (Å²) in [5, 5.41) is 13.1. The van der Waals surface area contributed by atoms with E-state index in [1.807, 2.05) is 4.90 Å². The smallest absolute Gasteiger partial charge is 0.325 e. The predicted octanol–water partition coefficient (Wildman–Crippen LogP) is 3.65. The van der Waals surface area contributed by atoms with Gasteiger partial charge in [-0.05, 0) is 81.3 Å². The van der Waals surface area contributed by atoms with Crippen molar-refractivity contribution in [1.82, 2.24) is 14.9 Å². The molecule has 0 aromatic carbocycles.